The van der Waals surface area contributed by atoms with Crippen LogP contribution in [0.2, 0.25) is 0 Å². The molecule has 1 N–H and O–H groups in total. The molecule has 4 rings (SSSR count). The van der Waals surface area contributed by atoms with Crippen molar-refractivity contribution < 1.29 is 13.5 Å². The van der Waals surface area contributed by atoms with Crippen molar-refractivity contribution in [3.63, 3.8) is 0 Å². The summed E-state index contributed by atoms with van der Waals surface area (Å²) in [6.45, 7) is 4.46. The third kappa shape index (κ3) is 4.44. The Bertz CT molecular complexity index is 764. The summed E-state index contributed by atoms with van der Waals surface area (Å²) in [5.74, 6) is 0.357. The van der Waals surface area contributed by atoms with Crippen LogP contribution in [-0.2, 0) is 4.74 Å². The van der Waals surface area contributed by atoms with E-state index in [9.17, 15) is 8.78 Å². The molecule has 8 heteroatoms. The molecule has 2 aliphatic rings. The average Bonchev–Trinajstić information content (AvgIpc) is 2.68. The quantitative estimate of drug-likeness (QED) is 0.887. The van der Waals surface area contributed by atoms with E-state index in [0.717, 1.165) is 44.4 Å². The molecule has 1 atom stereocenters. The van der Waals surface area contributed by atoms with Gasteiger partial charge in [-0.1, -0.05) is 0 Å². The Kier molecular flexibility index (Phi) is 5.33. The minimum Gasteiger partial charge on any atom is -0.378 e. The lowest BCUT2D eigenvalue weighted by molar-refractivity contribution is 0.122. The highest BCUT2D eigenvalue weighted by Gasteiger charge is 2.22. The summed E-state index contributed by atoms with van der Waals surface area (Å²) in [5, 5.41) is 3.38. The summed E-state index contributed by atoms with van der Waals surface area (Å²) in [4.78, 5) is 13.1. The Balaban J connectivity index is 1.43. The van der Waals surface area contributed by atoms with Crippen LogP contribution in [0.15, 0.2) is 30.5 Å². The molecule has 2 aromatic rings. The number of nitrogens with one attached hydrogen (secondary N) is 1. The molecule has 0 spiro atoms. The van der Waals surface area contributed by atoms with E-state index in [-0.39, 0.29) is 6.04 Å². The van der Waals surface area contributed by atoms with Crippen molar-refractivity contribution >= 4 is 17.5 Å². The van der Waals surface area contributed by atoms with E-state index in [1.54, 1.807) is 6.20 Å². The first kappa shape index (κ1) is 17.9. The number of hydrogen-bond acceptors (Lipinski definition) is 6. The molecule has 0 amide bonds. The number of rotatable bonds is 4. The molecule has 2 fully saturated rings. The Labute approximate surface area is 157 Å². The van der Waals surface area contributed by atoms with E-state index in [1.165, 1.54) is 12.1 Å². The molecule has 27 heavy (non-hydrogen) atoms. The van der Waals surface area contributed by atoms with Gasteiger partial charge in [0.05, 0.1) is 13.2 Å². The van der Waals surface area contributed by atoms with Crippen molar-refractivity contribution in [2.75, 3.05) is 54.5 Å². The molecule has 3 heterocycles. The second-order valence-electron chi connectivity index (χ2n) is 6.90. The number of halogens is 2. The number of benzene rings is 1. The molecule has 1 unspecified atom stereocenters. The van der Waals surface area contributed by atoms with Gasteiger partial charge >= 0.3 is 0 Å². The number of piperidine rings is 1. The number of ether oxygens (including phenoxy) is 1. The maximum Gasteiger partial charge on any atom is 0.224 e. The molecule has 6 nitrogen and oxygen atoms in total. The van der Waals surface area contributed by atoms with Gasteiger partial charge in [-0.3, -0.25) is 0 Å². The minimum atomic E-state index is -0.554. The lowest BCUT2D eigenvalue weighted by Crippen LogP contribution is -2.42. The highest BCUT2D eigenvalue weighted by Crippen LogP contribution is 2.24. The second kappa shape index (κ2) is 8.04. The van der Waals surface area contributed by atoms with Gasteiger partial charge < -0.3 is 19.9 Å². The summed E-state index contributed by atoms with van der Waals surface area (Å²) in [6.07, 6.45) is 3.64. The zero-order chi connectivity index (χ0) is 18.6. The Morgan fingerprint density at radius 1 is 1.04 bits per heavy atom. The van der Waals surface area contributed by atoms with Gasteiger partial charge in [0, 0.05) is 50.2 Å². The van der Waals surface area contributed by atoms with Gasteiger partial charge in [0.25, 0.3) is 0 Å². The maximum absolute atomic E-state index is 13.5. The third-order valence-electron chi connectivity index (χ3n) is 4.94. The molecular formula is C19H23F2N5O. The van der Waals surface area contributed by atoms with Crippen LogP contribution in [0.3, 0.4) is 0 Å². The fourth-order valence-electron chi connectivity index (χ4n) is 3.62. The highest BCUT2D eigenvalue weighted by molar-refractivity contribution is 5.48. The summed E-state index contributed by atoms with van der Waals surface area (Å²) < 4.78 is 32.4. The summed E-state index contributed by atoms with van der Waals surface area (Å²) in [5.41, 5.74) is 0.571. The van der Waals surface area contributed by atoms with Crippen LogP contribution < -0.4 is 15.1 Å². The van der Waals surface area contributed by atoms with Crippen LogP contribution in [0.4, 0.5) is 26.2 Å². The van der Waals surface area contributed by atoms with Gasteiger partial charge in [0.2, 0.25) is 5.95 Å². The first-order valence-electron chi connectivity index (χ1n) is 9.31. The van der Waals surface area contributed by atoms with E-state index < -0.39 is 11.6 Å². The fourth-order valence-corrected chi connectivity index (χ4v) is 3.62. The van der Waals surface area contributed by atoms with E-state index in [1.807, 2.05) is 11.0 Å². The Morgan fingerprint density at radius 3 is 2.59 bits per heavy atom. The van der Waals surface area contributed by atoms with Gasteiger partial charge in [-0.2, -0.15) is 4.98 Å². The van der Waals surface area contributed by atoms with Crippen molar-refractivity contribution in [1.82, 2.24) is 9.97 Å². The molecule has 0 saturated carbocycles. The first-order chi connectivity index (χ1) is 13.2. The van der Waals surface area contributed by atoms with Crippen LogP contribution in [-0.4, -0.2) is 55.4 Å². The SMILES string of the molecule is Fc1cc(F)cc(N2CCCC(Nc3nccc(N4CCOCC4)n3)C2)c1. The maximum atomic E-state index is 13.5. The number of anilines is 3. The zero-order valence-corrected chi connectivity index (χ0v) is 15.1. The number of aromatic nitrogens is 2. The van der Waals surface area contributed by atoms with Gasteiger partial charge in [-0.05, 0) is 31.0 Å². The predicted octanol–water partition coefficient (Wildman–Crippen LogP) is 2.67. The molecular weight excluding hydrogens is 352 g/mol. The van der Waals surface area contributed by atoms with Crippen molar-refractivity contribution in [2.24, 2.45) is 0 Å². The van der Waals surface area contributed by atoms with Crippen molar-refractivity contribution in [1.29, 1.82) is 0 Å². The summed E-state index contributed by atoms with van der Waals surface area (Å²) in [6, 6.07) is 5.67. The normalized spacial score (nSPS) is 20.6. The Hall–Kier alpha value is -2.48. The summed E-state index contributed by atoms with van der Waals surface area (Å²) >= 11 is 0. The van der Waals surface area contributed by atoms with Crippen LogP contribution >= 0.6 is 0 Å². The highest BCUT2D eigenvalue weighted by atomic mass is 19.1. The fraction of sp³-hybridized carbons (Fsp3) is 0.474. The van der Waals surface area contributed by atoms with Crippen molar-refractivity contribution in [3.8, 4) is 0 Å². The molecule has 1 aromatic heterocycles. The second-order valence-corrected chi connectivity index (χ2v) is 6.90. The molecule has 2 saturated heterocycles. The van der Waals surface area contributed by atoms with Gasteiger partial charge in [0.1, 0.15) is 17.5 Å². The monoisotopic (exact) mass is 375 g/mol. The average molecular weight is 375 g/mol. The molecule has 1 aromatic carbocycles. The lowest BCUT2D eigenvalue weighted by Gasteiger charge is -2.35. The summed E-state index contributed by atoms with van der Waals surface area (Å²) in [7, 11) is 0. The van der Waals surface area contributed by atoms with Crippen molar-refractivity contribution in [3.05, 3.63) is 42.1 Å². The van der Waals surface area contributed by atoms with Gasteiger partial charge in [-0.15, -0.1) is 0 Å². The van der Waals surface area contributed by atoms with E-state index in [0.29, 0.717) is 31.4 Å². The van der Waals surface area contributed by atoms with Crippen LogP contribution in [0.5, 0.6) is 0 Å². The smallest absolute Gasteiger partial charge is 0.224 e. The van der Waals surface area contributed by atoms with Crippen LogP contribution in [0, 0.1) is 11.6 Å². The Morgan fingerprint density at radius 2 is 1.81 bits per heavy atom. The largest absolute Gasteiger partial charge is 0.378 e. The molecule has 0 radical (unpaired) electrons. The van der Waals surface area contributed by atoms with Gasteiger partial charge in [-0.25, -0.2) is 13.8 Å². The van der Waals surface area contributed by atoms with E-state index in [4.69, 9.17) is 4.74 Å². The number of morpholine rings is 1. The topological polar surface area (TPSA) is 53.5 Å². The van der Waals surface area contributed by atoms with Crippen molar-refractivity contribution in [2.45, 2.75) is 18.9 Å². The minimum absolute atomic E-state index is 0.116. The number of hydrogen-bond donors (Lipinski definition) is 1. The van der Waals surface area contributed by atoms with E-state index >= 15 is 0 Å². The lowest BCUT2D eigenvalue weighted by atomic mass is 10.0. The third-order valence-corrected chi connectivity index (χ3v) is 4.94. The van der Waals surface area contributed by atoms with Gasteiger partial charge in [0.15, 0.2) is 0 Å². The predicted molar refractivity (Wildman–Crippen MR) is 100 cm³/mol. The molecule has 0 aliphatic carbocycles. The first-order valence-corrected chi connectivity index (χ1v) is 9.31. The molecule has 144 valence electrons. The molecule has 2 aliphatic heterocycles. The van der Waals surface area contributed by atoms with Crippen LogP contribution in [0.25, 0.3) is 0 Å². The number of nitrogens with zero attached hydrogens (tertiary/aromatic N) is 4. The standard InChI is InChI=1S/C19H23F2N5O/c20-14-10-15(21)12-17(11-14)26-5-1-2-16(13-26)23-19-22-4-3-18(24-19)25-6-8-27-9-7-25/h3-4,10-12,16H,1-2,5-9,13H2,(H,22,23,24). The molecule has 0 bridgehead atoms. The van der Waals surface area contributed by atoms with Crippen LogP contribution in [0.1, 0.15) is 12.8 Å². The zero-order valence-electron chi connectivity index (χ0n) is 15.1. The van der Waals surface area contributed by atoms with E-state index in [2.05, 4.69) is 20.2 Å².